The molecule has 15 fully saturated rings. The van der Waals surface area contributed by atoms with E-state index in [9.17, 15) is 74.7 Å². The van der Waals surface area contributed by atoms with Crippen molar-refractivity contribution in [3.05, 3.63) is 0 Å². The summed E-state index contributed by atoms with van der Waals surface area (Å²) in [6.45, 7) is 3.42. The molecule has 5 heterocycles. The van der Waals surface area contributed by atoms with Crippen molar-refractivity contribution in [2.45, 2.75) is 414 Å². The molecule has 0 aromatic heterocycles. The van der Waals surface area contributed by atoms with Crippen molar-refractivity contribution in [3.8, 4) is 0 Å². The van der Waals surface area contributed by atoms with Crippen LogP contribution in [0.5, 0.6) is 0 Å². The first-order valence-corrected chi connectivity index (χ1v) is 67.2. The summed E-state index contributed by atoms with van der Waals surface area (Å²) >= 11 is 0. The first-order valence-electron chi connectivity index (χ1n) is 51.0. The number of fused-ring (bicyclic) bond motifs is 6. The lowest BCUT2D eigenvalue weighted by atomic mass is 9.84. The number of hydrogen-bond donors (Lipinski definition) is 9. The van der Waals surface area contributed by atoms with Crippen LogP contribution in [0.3, 0.4) is 0 Å². The van der Waals surface area contributed by atoms with Crippen LogP contribution in [0.4, 0.5) is 0 Å². The highest BCUT2D eigenvalue weighted by Crippen LogP contribution is 2.52. The highest BCUT2D eigenvalue weighted by Gasteiger charge is 2.50. The van der Waals surface area contributed by atoms with Gasteiger partial charge < -0.3 is 83.9 Å². The highest BCUT2D eigenvalue weighted by atomic mass is 28.2. The number of aliphatic hydroxyl groups excluding tert-OH is 9. The first-order chi connectivity index (χ1) is 59.8. The molecule has 23 nitrogen and oxygen atoms in total. The van der Waals surface area contributed by atoms with Crippen molar-refractivity contribution in [3.63, 3.8) is 0 Å². The lowest BCUT2D eigenvalue weighted by Crippen LogP contribution is -2.36. The van der Waals surface area contributed by atoms with Gasteiger partial charge in [-0.2, -0.15) is 0 Å². The number of esters is 6. The third-order valence-corrected chi connectivity index (χ3v) is 39.3. The van der Waals surface area contributed by atoms with Crippen molar-refractivity contribution in [2.75, 3.05) is 34.0 Å². The van der Waals surface area contributed by atoms with Gasteiger partial charge in [0.15, 0.2) is 0 Å². The molecular weight excluding hydrogens is 1790 g/mol. The molecule has 732 valence electrons. The normalized spacial score (nSPS) is 37.1. The quantitative estimate of drug-likeness (QED) is 0.0332. The summed E-state index contributed by atoms with van der Waals surface area (Å²) < 4.78 is 40.0. The third kappa shape index (κ3) is 45.5. The van der Waals surface area contributed by atoms with E-state index in [-0.39, 0.29) is 103 Å². The fourth-order valence-corrected chi connectivity index (χ4v) is 31.9. The summed E-state index contributed by atoms with van der Waals surface area (Å²) in [6, 6.07) is 11.9. The van der Waals surface area contributed by atoms with Crippen molar-refractivity contribution in [1.29, 1.82) is 0 Å². The molecule has 10 saturated carbocycles. The van der Waals surface area contributed by atoms with Gasteiger partial charge in [-0.05, 0) is 244 Å². The maximum absolute atomic E-state index is 10.9. The van der Waals surface area contributed by atoms with Gasteiger partial charge in [0.05, 0.1) is 106 Å². The van der Waals surface area contributed by atoms with Crippen LogP contribution in [-0.4, -0.2) is 324 Å². The average molecular weight is 1970 g/mol. The molecule has 0 aromatic carbocycles. The van der Waals surface area contributed by atoms with Gasteiger partial charge >= 0.3 is 35.8 Å². The summed E-state index contributed by atoms with van der Waals surface area (Å²) in [6.07, 6.45) is 40.1. The van der Waals surface area contributed by atoms with Gasteiger partial charge in [0.2, 0.25) is 0 Å². The molecule has 30 unspecified atom stereocenters. The second-order valence-corrected chi connectivity index (χ2v) is 53.7. The molecule has 0 aromatic rings. The fourth-order valence-electron chi connectivity index (χ4n) is 22.2. The summed E-state index contributed by atoms with van der Waals surface area (Å²) in [7, 11) is 18.7. The SMILES string of the molecule is CC(=O)OC1CCC(CC[SiH3])CC1O.COC1CC(CC[SiH3])CCC1O.COC1CCC(CC[SiH3])CC1O.O=C1CC(CCC[SiH3])CO1.O=C1CC(CC[SiH3])CO1.O=C1CCC(CCC[SiH3])O1.O=C1CCC(CC[SiH3])O1.O=C1OCCC1CCC[SiH3].OC1C2CC([SiH3])C(C2)C1O.OC1CC2CC([SiH3])C1C2.OC1CC2CC1CC2[SiH3].OC1CCC(CC[SiH3])CC1O. The van der Waals surface area contributed by atoms with Crippen LogP contribution in [0.25, 0.3) is 0 Å². The Bertz CT molecular complexity index is 2810. The van der Waals surface area contributed by atoms with Gasteiger partial charge in [-0.15, -0.1) is 0 Å². The van der Waals surface area contributed by atoms with Gasteiger partial charge in [0.1, 0.15) is 18.3 Å². The summed E-state index contributed by atoms with van der Waals surface area (Å²) in [5.41, 5.74) is 2.75. The second-order valence-electron chi connectivity index (χ2n) is 40.3. The molecular formula is C90H186O23Si12. The Kier molecular flexibility index (Phi) is 61.8. The molecule has 35 heteroatoms. The predicted molar refractivity (Wildman–Crippen MR) is 543 cm³/mol. The number of rotatable bonds is 24. The summed E-state index contributed by atoms with van der Waals surface area (Å²) in [4.78, 5) is 63.8. The zero-order chi connectivity index (χ0) is 92.5. The largest absolute Gasteiger partial charge is 0.465 e. The standard InChI is InChI=1S/C10H20O3Si.2C9H20O2Si.C8H18O2Si.4C7H14O2Si.2C7H14OSi.2C6H12O2Si/c1-7(11)13-10-3-2-8(4-5-14)6-9(10)12;1-11-9-3-2-7(4-5-12)6-8(9)10;1-11-9-6-7(4-5-12)2-3-8(9)10;9-7-2-1-6(3-4-11)5-8(7)10;8-6-3-1-4(7(6)9)5(10)2-3;8-7-6(2-1-5-10)3-4-9-7;8-7-4-3-6(9-7)2-1-5-10;8-7-4-6(5-9-7)2-1-3-10;8-6-2-5-1-4(6)3-7(5)9;8-6-2-4-1-5(6)7(9)3-4;7-6-3-5(1-2-9)4-8-6;7-6-2-1-5(8-6)3-4-9/h8-10,12H,2-6H2,1,14H3;2*7-10H,2-6H2,1,12H3;6-10H,1-5H2,11H3;3-9H,1-2H2,10H3;3*6H,1-5H2,10H3;2*4-8H,1-3H2,9H3;2*5H,1-4H2,9H3. The van der Waals surface area contributed by atoms with E-state index < -0.39 is 24.4 Å². The van der Waals surface area contributed by atoms with Gasteiger partial charge in [0.25, 0.3) is 0 Å². The van der Waals surface area contributed by atoms with Gasteiger partial charge in [0, 0.05) is 169 Å². The average Bonchev–Trinajstić information content (AvgIpc) is 1.64. The molecule has 125 heavy (non-hydrogen) atoms. The Labute approximate surface area is 790 Å². The van der Waals surface area contributed by atoms with Gasteiger partial charge in [-0.1, -0.05) is 111 Å². The number of carbonyl (C=O) groups excluding carboxylic acids is 6. The van der Waals surface area contributed by atoms with Crippen LogP contribution in [0.15, 0.2) is 0 Å². The number of carbonyl (C=O) groups is 6. The molecule has 0 spiro atoms. The Morgan fingerprint density at radius 1 is 0.352 bits per heavy atom. The van der Waals surface area contributed by atoms with E-state index in [1.165, 1.54) is 287 Å². The molecule has 6 bridgehead atoms. The van der Waals surface area contributed by atoms with Crippen LogP contribution < -0.4 is 0 Å². The van der Waals surface area contributed by atoms with E-state index in [1.54, 1.807) is 14.2 Å². The first kappa shape index (κ1) is 116. The van der Waals surface area contributed by atoms with Gasteiger partial charge in [-0.3, -0.25) is 28.8 Å². The van der Waals surface area contributed by atoms with Crippen LogP contribution in [0.1, 0.15) is 257 Å². The Balaban J connectivity index is 0.000000286. The minimum absolute atomic E-state index is 0.00153. The predicted octanol–water partition coefficient (Wildman–Crippen LogP) is -0.557. The van der Waals surface area contributed by atoms with E-state index in [2.05, 4.69) is 0 Å². The highest BCUT2D eigenvalue weighted by molar-refractivity contribution is 6.13. The van der Waals surface area contributed by atoms with Gasteiger partial charge in [-0.25, -0.2) is 0 Å². The second kappa shape index (κ2) is 66.4. The van der Waals surface area contributed by atoms with E-state index in [0.717, 1.165) is 168 Å². The monoisotopic (exact) mass is 1970 g/mol. The number of methoxy groups -OCH3 is 2. The van der Waals surface area contributed by atoms with Crippen LogP contribution >= 0.6 is 0 Å². The maximum atomic E-state index is 10.9. The fraction of sp³-hybridized carbons (Fsp3) is 0.933. The number of hydrogen-bond acceptors (Lipinski definition) is 23. The minimum atomic E-state index is -0.444. The third-order valence-electron chi connectivity index (χ3n) is 29.6. The zero-order valence-electron chi connectivity index (χ0n) is 81.1. The van der Waals surface area contributed by atoms with E-state index in [4.69, 9.17) is 37.9 Å². The number of ether oxygens (including phenoxy) is 8. The number of cyclic esters (lactones) is 5. The van der Waals surface area contributed by atoms with E-state index in [0.29, 0.717) is 86.9 Å². The number of aliphatic hydroxyl groups is 9. The zero-order valence-corrected chi connectivity index (χ0v) is 105. The molecule has 0 radical (unpaired) electrons. The Hall–Kier alpha value is -1.02. The van der Waals surface area contributed by atoms with Crippen LogP contribution in [0.2, 0.25) is 71.0 Å². The lowest BCUT2D eigenvalue weighted by molar-refractivity contribution is -0.156. The Morgan fingerprint density at radius 3 is 1.19 bits per heavy atom. The molecule has 5 aliphatic heterocycles. The van der Waals surface area contributed by atoms with Crippen molar-refractivity contribution in [2.24, 2.45) is 76.9 Å². The summed E-state index contributed by atoms with van der Waals surface area (Å²) in [5, 5.41) is 85.1. The van der Waals surface area contributed by atoms with Crippen LogP contribution in [-0.2, 0) is 66.7 Å². The van der Waals surface area contributed by atoms with E-state index in [1.807, 2.05) is 0 Å². The molecule has 9 N–H and O–H groups in total. The van der Waals surface area contributed by atoms with Crippen LogP contribution in [0, 0.1) is 76.9 Å². The van der Waals surface area contributed by atoms with E-state index >= 15 is 0 Å². The molecule has 0 amide bonds. The molecule has 15 rings (SSSR count). The molecule has 10 aliphatic carbocycles. The smallest absolute Gasteiger partial charge is 0.309 e. The lowest BCUT2D eigenvalue weighted by Gasteiger charge is -2.32. The molecule has 5 saturated heterocycles. The maximum Gasteiger partial charge on any atom is 0.309 e. The van der Waals surface area contributed by atoms with Crippen molar-refractivity contribution >= 4 is 159 Å². The molecule has 15 aliphatic rings. The van der Waals surface area contributed by atoms with Crippen molar-refractivity contribution < 1.29 is 113 Å². The Morgan fingerprint density at radius 2 is 0.816 bits per heavy atom. The molecule has 30 atom stereocenters. The summed E-state index contributed by atoms with van der Waals surface area (Å²) in [5.74, 6) is 8.15. The minimum Gasteiger partial charge on any atom is -0.465 e. The van der Waals surface area contributed by atoms with Crippen molar-refractivity contribution in [1.82, 2.24) is 0 Å². The topological polar surface area (TPSA) is 358 Å².